The van der Waals surface area contributed by atoms with Crippen LogP contribution in [0.25, 0.3) is 0 Å². The Morgan fingerprint density at radius 3 is 2.52 bits per heavy atom. The fourth-order valence-corrected chi connectivity index (χ4v) is 4.37. The van der Waals surface area contributed by atoms with Crippen LogP contribution in [0.3, 0.4) is 0 Å². The van der Waals surface area contributed by atoms with Crippen molar-refractivity contribution in [3.63, 3.8) is 0 Å². The fraction of sp³-hybridized carbons (Fsp3) is 0.647. The van der Waals surface area contributed by atoms with Crippen molar-refractivity contribution in [3.8, 4) is 0 Å². The number of methoxy groups -OCH3 is 2. The Hall–Kier alpha value is -1.82. The van der Waals surface area contributed by atoms with Gasteiger partial charge < -0.3 is 9.47 Å². The zero-order valence-electron chi connectivity index (χ0n) is 16.6. The Morgan fingerprint density at radius 1 is 1.28 bits per heavy atom. The molecule has 2 aromatic heterocycles. The predicted molar refractivity (Wildman–Crippen MR) is 107 cm³/mol. The molecule has 0 spiro atoms. The molecule has 3 rings (SSSR count). The second kappa shape index (κ2) is 9.33. The molecule has 160 valence electrons. The molecule has 1 saturated carbocycles. The highest BCUT2D eigenvalue weighted by Crippen LogP contribution is 2.36. The van der Waals surface area contributed by atoms with Crippen LogP contribution in [0, 0.1) is 0 Å². The number of rotatable bonds is 10. The van der Waals surface area contributed by atoms with Gasteiger partial charge in [-0.2, -0.15) is 0 Å². The number of anilines is 1. The maximum atomic E-state index is 13.0. The van der Waals surface area contributed by atoms with Crippen molar-refractivity contribution >= 4 is 27.6 Å². The molecule has 0 bridgehead atoms. The first-order valence-electron chi connectivity index (χ1n) is 9.31. The number of nitrogens with zero attached hydrogens (tertiary/aromatic N) is 5. The normalized spacial score (nSPS) is 17.0. The zero-order valence-corrected chi connectivity index (χ0v) is 18.1. The molecule has 1 aliphatic rings. The lowest BCUT2D eigenvalue weighted by Gasteiger charge is -2.25. The average Bonchev–Trinajstić information content (AvgIpc) is 3.02. The Labute approximate surface area is 175 Å². The molecule has 0 unspecified atom stereocenters. The van der Waals surface area contributed by atoms with Gasteiger partial charge in [-0.05, 0) is 19.8 Å². The standard InChI is InChI=1S/C17H25ClN6O4S/c1-11(14(28-3)15-19-9-13(18)10-20-15)29(25,26)23-17-22-21-16(12-5-4-6-12)24(17)7-8-27-2/h9-12,14H,4-8H2,1-3H3,(H,22,23)/t11-,14-/m0/s1. The minimum Gasteiger partial charge on any atom is -0.383 e. The van der Waals surface area contributed by atoms with Crippen molar-refractivity contribution in [2.75, 3.05) is 25.5 Å². The summed E-state index contributed by atoms with van der Waals surface area (Å²) in [5, 5.41) is 7.68. The number of hydrogen-bond acceptors (Lipinski definition) is 8. The molecule has 1 aliphatic carbocycles. The van der Waals surface area contributed by atoms with E-state index in [2.05, 4.69) is 24.9 Å². The first-order valence-corrected chi connectivity index (χ1v) is 11.2. The largest absolute Gasteiger partial charge is 0.383 e. The van der Waals surface area contributed by atoms with Crippen molar-refractivity contribution in [2.24, 2.45) is 0 Å². The van der Waals surface area contributed by atoms with Crippen LogP contribution in [0.5, 0.6) is 0 Å². The topological polar surface area (TPSA) is 121 Å². The van der Waals surface area contributed by atoms with E-state index in [0.717, 1.165) is 25.1 Å². The van der Waals surface area contributed by atoms with Crippen LogP contribution in [0.15, 0.2) is 12.4 Å². The highest BCUT2D eigenvalue weighted by atomic mass is 35.5. The second-order valence-corrected chi connectivity index (χ2v) is 9.40. The summed E-state index contributed by atoms with van der Waals surface area (Å²) in [5.74, 6) is 1.47. The summed E-state index contributed by atoms with van der Waals surface area (Å²) in [4.78, 5) is 8.17. The van der Waals surface area contributed by atoms with Gasteiger partial charge in [-0.3, -0.25) is 9.29 Å². The van der Waals surface area contributed by atoms with E-state index in [4.69, 9.17) is 21.1 Å². The molecule has 0 aromatic carbocycles. The van der Waals surface area contributed by atoms with Gasteiger partial charge >= 0.3 is 0 Å². The maximum absolute atomic E-state index is 13.0. The van der Waals surface area contributed by atoms with E-state index in [0.29, 0.717) is 24.1 Å². The summed E-state index contributed by atoms with van der Waals surface area (Å²) in [6, 6.07) is 0. The minimum atomic E-state index is -3.88. The van der Waals surface area contributed by atoms with Crippen LogP contribution in [0.1, 0.15) is 49.9 Å². The van der Waals surface area contributed by atoms with Crippen LogP contribution in [-0.2, 0) is 26.0 Å². The number of halogens is 1. The molecule has 2 atom stereocenters. The summed E-state index contributed by atoms with van der Waals surface area (Å²) in [5.41, 5.74) is 0. The molecule has 2 aromatic rings. The number of sulfonamides is 1. The fourth-order valence-electron chi connectivity index (χ4n) is 3.12. The van der Waals surface area contributed by atoms with Gasteiger partial charge in [-0.15, -0.1) is 10.2 Å². The molecule has 10 nitrogen and oxygen atoms in total. The molecule has 0 radical (unpaired) electrons. The number of aromatic nitrogens is 5. The number of hydrogen-bond donors (Lipinski definition) is 1. The third kappa shape index (κ3) is 4.85. The Kier molecular flexibility index (Phi) is 7.04. The zero-order chi connectivity index (χ0) is 21.0. The van der Waals surface area contributed by atoms with E-state index in [1.807, 2.05) is 0 Å². The van der Waals surface area contributed by atoms with Crippen LogP contribution in [0.2, 0.25) is 5.02 Å². The molecule has 1 fully saturated rings. The lowest BCUT2D eigenvalue weighted by atomic mass is 9.85. The first kappa shape index (κ1) is 21.9. The Balaban J connectivity index is 1.83. The van der Waals surface area contributed by atoms with Gasteiger partial charge in [0.1, 0.15) is 17.2 Å². The smallest absolute Gasteiger partial charge is 0.240 e. The van der Waals surface area contributed by atoms with E-state index >= 15 is 0 Å². The molecule has 0 aliphatic heterocycles. The SMILES string of the molecule is COCCn1c(NS(=O)(=O)[C@@H](C)[C@H](OC)c2ncc(Cl)cn2)nnc1C1CCC1. The van der Waals surface area contributed by atoms with Crippen molar-refractivity contribution in [1.29, 1.82) is 0 Å². The maximum Gasteiger partial charge on any atom is 0.240 e. The molecular weight excluding hydrogens is 420 g/mol. The summed E-state index contributed by atoms with van der Waals surface area (Å²) < 4.78 is 41.0. The molecule has 12 heteroatoms. The third-order valence-corrected chi connectivity index (χ3v) is 6.96. The van der Waals surface area contributed by atoms with Gasteiger partial charge in [0.2, 0.25) is 16.0 Å². The van der Waals surface area contributed by atoms with E-state index in [9.17, 15) is 8.42 Å². The van der Waals surface area contributed by atoms with E-state index in [1.54, 1.807) is 11.7 Å². The Morgan fingerprint density at radius 2 is 1.97 bits per heavy atom. The molecule has 29 heavy (non-hydrogen) atoms. The average molecular weight is 445 g/mol. The number of nitrogens with one attached hydrogen (secondary N) is 1. The summed E-state index contributed by atoms with van der Waals surface area (Å²) >= 11 is 5.82. The van der Waals surface area contributed by atoms with Gasteiger partial charge in [-0.25, -0.2) is 18.4 Å². The van der Waals surface area contributed by atoms with E-state index < -0.39 is 21.4 Å². The minimum absolute atomic E-state index is 0.169. The van der Waals surface area contributed by atoms with Crippen LogP contribution >= 0.6 is 11.6 Å². The van der Waals surface area contributed by atoms with Crippen LogP contribution in [0.4, 0.5) is 5.95 Å². The van der Waals surface area contributed by atoms with Gasteiger partial charge in [0.25, 0.3) is 0 Å². The van der Waals surface area contributed by atoms with Crippen molar-refractivity contribution < 1.29 is 17.9 Å². The van der Waals surface area contributed by atoms with Gasteiger partial charge in [-0.1, -0.05) is 18.0 Å². The molecule has 0 saturated heterocycles. The van der Waals surface area contributed by atoms with Crippen LogP contribution in [-0.4, -0.2) is 59.2 Å². The molecule has 2 heterocycles. The lowest BCUT2D eigenvalue weighted by molar-refractivity contribution is 0.0950. The monoisotopic (exact) mass is 444 g/mol. The first-order chi connectivity index (χ1) is 13.9. The summed E-state index contributed by atoms with van der Waals surface area (Å²) in [6.45, 7) is 2.40. The van der Waals surface area contributed by atoms with Crippen molar-refractivity contribution in [2.45, 2.75) is 50.0 Å². The number of ether oxygens (including phenoxy) is 2. The van der Waals surface area contributed by atoms with Gasteiger partial charge in [0.15, 0.2) is 5.82 Å². The van der Waals surface area contributed by atoms with E-state index in [-0.39, 0.29) is 11.8 Å². The van der Waals surface area contributed by atoms with Crippen molar-refractivity contribution in [3.05, 3.63) is 29.1 Å². The lowest BCUT2D eigenvalue weighted by Crippen LogP contribution is -2.33. The summed E-state index contributed by atoms with van der Waals surface area (Å²) in [6.07, 6.45) is 5.09. The van der Waals surface area contributed by atoms with Gasteiger partial charge in [0.05, 0.1) is 18.2 Å². The van der Waals surface area contributed by atoms with Crippen LogP contribution < -0.4 is 4.72 Å². The highest BCUT2D eigenvalue weighted by Gasteiger charge is 2.35. The van der Waals surface area contributed by atoms with Crippen molar-refractivity contribution in [1.82, 2.24) is 24.7 Å². The molecular formula is C17H25ClN6O4S. The van der Waals surface area contributed by atoms with E-state index in [1.165, 1.54) is 26.4 Å². The van der Waals surface area contributed by atoms with Gasteiger partial charge in [0, 0.05) is 32.5 Å². The highest BCUT2D eigenvalue weighted by molar-refractivity contribution is 7.93. The second-order valence-electron chi connectivity index (χ2n) is 6.92. The third-order valence-electron chi connectivity index (χ3n) is 5.07. The molecule has 0 amide bonds. The predicted octanol–water partition coefficient (Wildman–Crippen LogP) is 2.15. The quantitative estimate of drug-likeness (QED) is 0.591. The summed E-state index contributed by atoms with van der Waals surface area (Å²) in [7, 11) is -0.885. The Bertz CT molecular complexity index is 917. The molecule has 1 N–H and O–H groups in total.